The minimum absolute atomic E-state index is 0.254. The number of H-pyrrole nitrogens is 1. The summed E-state index contributed by atoms with van der Waals surface area (Å²) in [6, 6.07) is 5.60. The van der Waals surface area contributed by atoms with Crippen LogP contribution in [0.4, 0.5) is 5.82 Å². The molecule has 3 rings (SSSR count). The number of nitrogens with two attached hydrogens (primary N) is 1. The number of aromatic nitrogens is 2. The summed E-state index contributed by atoms with van der Waals surface area (Å²) in [5, 5.41) is 8.47. The molecule has 0 saturated heterocycles. The van der Waals surface area contributed by atoms with E-state index in [1.54, 1.807) is 6.07 Å². The Hall–Kier alpha value is -1.19. The van der Waals surface area contributed by atoms with Gasteiger partial charge < -0.3 is 5.73 Å². The van der Waals surface area contributed by atoms with E-state index in [9.17, 15) is 0 Å². The molecule has 3 N–H and O–H groups in total. The van der Waals surface area contributed by atoms with Crippen molar-refractivity contribution in [2.75, 3.05) is 5.73 Å². The minimum atomic E-state index is 0.254. The molecule has 1 unspecified atom stereocenters. The molecular formula is C16H19Cl2N3. The maximum Gasteiger partial charge on any atom is 0.153 e. The molecule has 1 aliphatic rings. The highest BCUT2D eigenvalue weighted by atomic mass is 35.5. The van der Waals surface area contributed by atoms with Gasteiger partial charge in [0.25, 0.3) is 0 Å². The molecule has 112 valence electrons. The van der Waals surface area contributed by atoms with Gasteiger partial charge in [-0.15, -0.1) is 0 Å². The lowest BCUT2D eigenvalue weighted by atomic mass is 9.78. The number of benzene rings is 1. The molecule has 1 aliphatic carbocycles. The van der Waals surface area contributed by atoms with Gasteiger partial charge in [-0.3, -0.25) is 5.10 Å². The van der Waals surface area contributed by atoms with Crippen molar-refractivity contribution in [3.8, 4) is 11.1 Å². The summed E-state index contributed by atoms with van der Waals surface area (Å²) < 4.78 is 0. The highest BCUT2D eigenvalue weighted by Crippen LogP contribution is 2.51. The van der Waals surface area contributed by atoms with Gasteiger partial charge in [-0.05, 0) is 36.0 Å². The van der Waals surface area contributed by atoms with E-state index >= 15 is 0 Å². The lowest BCUT2D eigenvalue weighted by molar-refractivity contribution is 0.328. The number of hydrogen-bond donors (Lipinski definition) is 2. The smallest absolute Gasteiger partial charge is 0.153 e. The second-order valence-corrected chi connectivity index (χ2v) is 7.27. The van der Waals surface area contributed by atoms with Crippen LogP contribution in [0.15, 0.2) is 18.2 Å². The molecular weight excluding hydrogens is 305 g/mol. The molecule has 21 heavy (non-hydrogen) atoms. The maximum absolute atomic E-state index is 6.15. The van der Waals surface area contributed by atoms with Crippen molar-refractivity contribution in [2.24, 2.45) is 5.41 Å². The molecule has 1 saturated carbocycles. The molecule has 3 nitrogen and oxygen atoms in total. The van der Waals surface area contributed by atoms with E-state index in [1.165, 1.54) is 12.8 Å². The molecule has 1 aromatic carbocycles. The Morgan fingerprint density at radius 2 is 2.05 bits per heavy atom. The van der Waals surface area contributed by atoms with Gasteiger partial charge in [-0.2, -0.15) is 5.10 Å². The summed E-state index contributed by atoms with van der Waals surface area (Å²) in [6.45, 7) is 4.61. The van der Waals surface area contributed by atoms with Gasteiger partial charge in [-0.25, -0.2) is 0 Å². The second-order valence-electron chi connectivity index (χ2n) is 6.46. The Morgan fingerprint density at radius 3 is 2.67 bits per heavy atom. The van der Waals surface area contributed by atoms with Crippen LogP contribution in [0.5, 0.6) is 0 Å². The molecule has 1 fully saturated rings. The normalized spacial score (nSPS) is 20.9. The van der Waals surface area contributed by atoms with Crippen molar-refractivity contribution in [3.63, 3.8) is 0 Å². The number of nitrogen functional groups attached to an aromatic ring is 1. The lowest BCUT2D eigenvalue weighted by Gasteiger charge is -2.27. The molecule has 1 heterocycles. The quantitative estimate of drug-likeness (QED) is 0.792. The summed E-state index contributed by atoms with van der Waals surface area (Å²) in [4.78, 5) is 0. The van der Waals surface area contributed by atoms with E-state index in [2.05, 4.69) is 24.0 Å². The number of halogens is 2. The number of hydrogen-bond acceptors (Lipinski definition) is 2. The Labute approximate surface area is 134 Å². The molecule has 0 radical (unpaired) electrons. The minimum Gasteiger partial charge on any atom is -0.382 e. The molecule has 0 spiro atoms. The van der Waals surface area contributed by atoms with Crippen LogP contribution in [0.25, 0.3) is 11.1 Å². The Bertz CT molecular complexity index is 676. The van der Waals surface area contributed by atoms with Crippen molar-refractivity contribution in [2.45, 2.75) is 39.0 Å². The SMILES string of the molecule is CC1(C)CCCC1c1[nH]nc(N)c1-c1ccc(Cl)c(Cl)c1. The highest BCUT2D eigenvalue weighted by molar-refractivity contribution is 6.42. The van der Waals surface area contributed by atoms with Gasteiger partial charge in [0.15, 0.2) is 5.82 Å². The van der Waals surface area contributed by atoms with Crippen molar-refractivity contribution in [1.29, 1.82) is 0 Å². The molecule has 1 atom stereocenters. The van der Waals surface area contributed by atoms with E-state index in [0.29, 0.717) is 21.8 Å². The summed E-state index contributed by atoms with van der Waals surface area (Å²) in [5.41, 5.74) is 9.40. The Morgan fingerprint density at radius 1 is 1.29 bits per heavy atom. The Kier molecular flexibility index (Phi) is 3.66. The van der Waals surface area contributed by atoms with Crippen LogP contribution in [0.1, 0.15) is 44.7 Å². The number of rotatable bonds is 2. The molecule has 2 aromatic rings. The highest BCUT2D eigenvalue weighted by Gasteiger charge is 2.38. The van der Waals surface area contributed by atoms with Crippen LogP contribution >= 0.6 is 23.2 Å². The second kappa shape index (κ2) is 5.22. The average molecular weight is 324 g/mol. The van der Waals surface area contributed by atoms with Gasteiger partial charge in [-0.1, -0.05) is 49.5 Å². The number of nitrogens with zero attached hydrogens (tertiary/aromatic N) is 1. The third-order valence-corrected chi connectivity index (χ3v) is 5.38. The fourth-order valence-electron chi connectivity index (χ4n) is 3.44. The van der Waals surface area contributed by atoms with Crippen molar-refractivity contribution >= 4 is 29.0 Å². The first-order valence-corrected chi connectivity index (χ1v) is 7.95. The first kappa shape index (κ1) is 14.7. The van der Waals surface area contributed by atoms with Crippen molar-refractivity contribution < 1.29 is 0 Å². The molecule has 0 aliphatic heterocycles. The van der Waals surface area contributed by atoms with Crippen LogP contribution in [-0.4, -0.2) is 10.2 Å². The fraction of sp³-hybridized carbons (Fsp3) is 0.438. The van der Waals surface area contributed by atoms with Crippen LogP contribution in [0.2, 0.25) is 10.0 Å². The summed E-state index contributed by atoms with van der Waals surface area (Å²) in [6.07, 6.45) is 3.61. The van der Waals surface area contributed by atoms with Crippen LogP contribution in [-0.2, 0) is 0 Å². The molecule has 1 aromatic heterocycles. The van der Waals surface area contributed by atoms with Crippen LogP contribution in [0, 0.1) is 5.41 Å². The average Bonchev–Trinajstić information content (AvgIpc) is 2.95. The van der Waals surface area contributed by atoms with E-state index in [1.807, 2.05) is 12.1 Å². The van der Waals surface area contributed by atoms with Gasteiger partial charge in [0.05, 0.1) is 10.0 Å². The van der Waals surface area contributed by atoms with Crippen molar-refractivity contribution in [1.82, 2.24) is 10.2 Å². The third-order valence-electron chi connectivity index (χ3n) is 4.64. The van der Waals surface area contributed by atoms with Gasteiger partial charge in [0, 0.05) is 17.2 Å². The number of nitrogens with one attached hydrogen (secondary N) is 1. The summed E-state index contributed by atoms with van der Waals surface area (Å²) in [5.74, 6) is 0.956. The zero-order valence-corrected chi connectivity index (χ0v) is 13.7. The first-order chi connectivity index (χ1) is 9.90. The fourth-order valence-corrected chi connectivity index (χ4v) is 3.74. The van der Waals surface area contributed by atoms with E-state index < -0.39 is 0 Å². The van der Waals surface area contributed by atoms with E-state index in [0.717, 1.165) is 23.2 Å². The van der Waals surface area contributed by atoms with Crippen LogP contribution in [0.3, 0.4) is 0 Å². The zero-order valence-electron chi connectivity index (χ0n) is 12.2. The predicted molar refractivity (Wildman–Crippen MR) is 88.8 cm³/mol. The monoisotopic (exact) mass is 323 g/mol. The summed E-state index contributed by atoms with van der Waals surface area (Å²) in [7, 11) is 0. The van der Waals surface area contributed by atoms with Crippen molar-refractivity contribution in [3.05, 3.63) is 33.9 Å². The van der Waals surface area contributed by atoms with E-state index in [4.69, 9.17) is 28.9 Å². The largest absolute Gasteiger partial charge is 0.382 e. The van der Waals surface area contributed by atoms with Crippen LogP contribution < -0.4 is 5.73 Å². The standard InChI is InChI=1S/C16H19Cl2N3/c1-16(2)7-3-4-10(16)14-13(15(19)21-20-14)9-5-6-11(17)12(18)8-9/h5-6,8,10H,3-4,7H2,1-2H3,(H3,19,20,21). The molecule has 5 heteroatoms. The first-order valence-electron chi connectivity index (χ1n) is 7.19. The zero-order chi connectivity index (χ0) is 15.2. The van der Waals surface area contributed by atoms with Gasteiger partial charge in [0.1, 0.15) is 0 Å². The predicted octanol–water partition coefficient (Wildman–Crippen LogP) is 5.26. The molecule has 0 bridgehead atoms. The number of anilines is 1. The summed E-state index contributed by atoms with van der Waals surface area (Å²) >= 11 is 12.2. The van der Waals surface area contributed by atoms with Gasteiger partial charge in [0.2, 0.25) is 0 Å². The topological polar surface area (TPSA) is 54.7 Å². The maximum atomic E-state index is 6.15. The third kappa shape index (κ3) is 2.53. The lowest BCUT2D eigenvalue weighted by Crippen LogP contribution is -2.16. The van der Waals surface area contributed by atoms with Gasteiger partial charge >= 0.3 is 0 Å². The van der Waals surface area contributed by atoms with E-state index in [-0.39, 0.29) is 5.41 Å². The molecule has 0 amide bonds. The number of aromatic amines is 1. The Balaban J connectivity index is 2.11.